The maximum absolute atomic E-state index is 4.58. The molecule has 0 spiro atoms. The fourth-order valence-corrected chi connectivity index (χ4v) is 2.85. The number of nitrogens with zero attached hydrogens (tertiary/aromatic N) is 3. The molecule has 0 amide bonds. The zero-order valence-electron chi connectivity index (χ0n) is 11.3. The summed E-state index contributed by atoms with van der Waals surface area (Å²) < 4.78 is 1.85. The van der Waals surface area contributed by atoms with Gasteiger partial charge in [-0.3, -0.25) is 0 Å². The van der Waals surface area contributed by atoms with Gasteiger partial charge in [0, 0.05) is 12.2 Å². The first-order valence-electron chi connectivity index (χ1n) is 6.65. The monoisotopic (exact) mass is 244 g/mol. The summed E-state index contributed by atoms with van der Waals surface area (Å²) in [5, 5.41) is 8.00. The topological polar surface area (TPSA) is 42.2 Å². The van der Waals surface area contributed by atoms with E-state index >= 15 is 0 Å². The van der Waals surface area contributed by atoms with Gasteiger partial charge in [-0.25, -0.2) is 4.52 Å². The van der Waals surface area contributed by atoms with Gasteiger partial charge in [-0.05, 0) is 36.8 Å². The Balaban J connectivity index is 1.89. The summed E-state index contributed by atoms with van der Waals surface area (Å²) in [5.74, 6) is 0.754. The Morgan fingerprint density at radius 2 is 2.28 bits per heavy atom. The average molecular weight is 244 g/mol. The highest BCUT2D eigenvalue weighted by atomic mass is 15.3. The number of aryl methyl sites for hydroxylation is 1. The minimum Gasteiger partial charge on any atom is -0.350 e. The third kappa shape index (κ3) is 1.85. The Bertz CT molecular complexity index is 570. The minimum absolute atomic E-state index is 0.340. The molecule has 1 saturated carbocycles. The average Bonchev–Trinajstić information content (AvgIpc) is 2.84. The molecule has 1 aliphatic carbocycles. The summed E-state index contributed by atoms with van der Waals surface area (Å²) in [6, 6.07) is 4.54. The maximum Gasteiger partial charge on any atom is 0.243 e. The number of hydrogen-bond donors (Lipinski definition) is 1. The number of nitrogens with one attached hydrogen (secondary N) is 1. The van der Waals surface area contributed by atoms with Crippen LogP contribution in [0.25, 0.3) is 5.65 Å². The number of rotatable bonds is 2. The van der Waals surface area contributed by atoms with Gasteiger partial charge in [0.2, 0.25) is 5.95 Å². The van der Waals surface area contributed by atoms with Gasteiger partial charge < -0.3 is 5.32 Å². The summed E-state index contributed by atoms with van der Waals surface area (Å²) >= 11 is 0. The van der Waals surface area contributed by atoms with Gasteiger partial charge in [-0.1, -0.05) is 26.3 Å². The van der Waals surface area contributed by atoms with Crippen molar-refractivity contribution >= 4 is 11.6 Å². The van der Waals surface area contributed by atoms with E-state index in [0.29, 0.717) is 11.5 Å². The van der Waals surface area contributed by atoms with Crippen LogP contribution in [0.15, 0.2) is 18.3 Å². The molecule has 4 heteroatoms. The summed E-state index contributed by atoms with van der Waals surface area (Å²) in [5.41, 5.74) is 2.44. The van der Waals surface area contributed by atoms with Gasteiger partial charge >= 0.3 is 0 Å². The molecule has 96 valence electrons. The summed E-state index contributed by atoms with van der Waals surface area (Å²) in [6.07, 6.45) is 5.72. The molecule has 2 aromatic rings. The van der Waals surface area contributed by atoms with Crippen LogP contribution in [0.2, 0.25) is 0 Å². The molecule has 0 aliphatic heterocycles. The van der Waals surface area contributed by atoms with Gasteiger partial charge in [0.1, 0.15) is 0 Å². The smallest absolute Gasteiger partial charge is 0.243 e. The Labute approximate surface area is 107 Å². The van der Waals surface area contributed by atoms with Crippen molar-refractivity contribution in [1.29, 1.82) is 0 Å². The largest absolute Gasteiger partial charge is 0.350 e. The molecule has 3 rings (SSSR count). The Morgan fingerprint density at radius 3 is 2.94 bits per heavy atom. The van der Waals surface area contributed by atoms with Gasteiger partial charge in [-0.15, -0.1) is 5.10 Å². The van der Waals surface area contributed by atoms with E-state index in [9.17, 15) is 0 Å². The van der Waals surface area contributed by atoms with Crippen LogP contribution < -0.4 is 5.32 Å². The first-order chi connectivity index (χ1) is 8.56. The van der Waals surface area contributed by atoms with E-state index in [2.05, 4.69) is 42.2 Å². The molecule has 0 radical (unpaired) electrons. The van der Waals surface area contributed by atoms with Crippen LogP contribution >= 0.6 is 0 Å². The molecule has 1 fully saturated rings. The van der Waals surface area contributed by atoms with Crippen molar-refractivity contribution in [1.82, 2.24) is 14.6 Å². The highest BCUT2D eigenvalue weighted by molar-refractivity contribution is 5.50. The standard InChI is InChI=1S/C14H20N4/c1-10-6-5-9-18-12(10)16-13(17-18)15-11-7-4-8-14(11,2)3/h5-6,9,11H,4,7-8H2,1-3H3,(H,15,17). The molecule has 18 heavy (non-hydrogen) atoms. The van der Waals surface area contributed by atoms with Crippen LogP contribution in [0.3, 0.4) is 0 Å². The first kappa shape index (κ1) is 11.5. The van der Waals surface area contributed by atoms with Crippen molar-refractivity contribution in [3.8, 4) is 0 Å². The Hall–Kier alpha value is -1.58. The van der Waals surface area contributed by atoms with Crippen molar-refractivity contribution in [2.45, 2.75) is 46.1 Å². The first-order valence-corrected chi connectivity index (χ1v) is 6.65. The third-order valence-corrected chi connectivity index (χ3v) is 4.12. The zero-order valence-corrected chi connectivity index (χ0v) is 11.3. The quantitative estimate of drug-likeness (QED) is 0.883. The van der Waals surface area contributed by atoms with Crippen LogP contribution in [0.5, 0.6) is 0 Å². The molecule has 0 saturated heterocycles. The van der Waals surface area contributed by atoms with Crippen molar-refractivity contribution < 1.29 is 0 Å². The summed E-state index contributed by atoms with van der Waals surface area (Å²) in [4.78, 5) is 4.58. The molecule has 0 bridgehead atoms. The lowest BCUT2D eigenvalue weighted by Gasteiger charge is -2.27. The molecule has 1 aliphatic rings. The molecule has 4 nitrogen and oxygen atoms in total. The molecular formula is C14H20N4. The summed E-state index contributed by atoms with van der Waals surface area (Å²) in [6.45, 7) is 6.70. The SMILES string of the molecule is Cc1cccn2nc(NC3CCCC3(C)C)nc12. The highest BCUT2D eigenvalue weighted by Crippen LogP contribution is 2.38. The third-order valence-electron chi connectivity index (χ3n) is 4.12. The Morgan fingerprint density at radius 1 is 1.44 bits per heavy atom. The number of fused-ring (bicyclic) bond motifs is 1. The van der Waals surface area contributed by atoms with E-state index in [-0.39, 0.29) is 0 Å². The molecule has 2 aromatic heterocycles. The van der Waals surface area contributed by atoms with E-state index in [4.69, 9.17) is 0 Å². The van der Waals surface area contributed by atoms with Crippen LogP contribution in [0.1, 0.15) is 38.7 Å². The zero-order chi connectivity index (χ0) is 12.8. The highest BCUT2D eigenvalue weighted by Gasteiger charge is 2.34. The number of hydrogen-bond acceptors (Lipinski definition) is 3. The second-order valence-corrected chi connectivity index (χ2v) is 5.97. The molecule has 1 N–H and O–H groups in total. The van der Waals surface area contributed by atoms with Gasteiger partial charge in [-0.2, -0.15) is 4.98 Å². The van der Waals surface area contributed by atoms with Crippen LogP contribution in [0, 0.1) is 12.3 Å². The predicted octanol–water partition coefficient (Wildman–Crippen LogP) is 3.03. The normalized spacial score (nSPS) is 22.5. The van der Waals surface area contributed by atoms with Crippen LogP contribution in [-0.2, 0) is 0 Å². The summed E-state index contributed by atoms with van der Waals surface area (Å²) in [7, 11) is 0. The second kappa shape index (κ2) is 3.97. The van der Waals surface area contributed by atoms with E-state index in [0.717, 1.165) is 17.2 Å². The lowest BCUT2D eigenvalue weighted by molar-refractivity contribution is 0.349. The Kier molecular flexibility index (Phi) is 2.54. The van der Waals surface area contributed by atoms with Gasteiger partial charge in [0.15, 0.2) is 5.65 Å². The number of anilines is 1. The van der Waals surface area contributed by atoms with E-state index in [1.165, 1.54) is 19.3 Å². The van der Waals surface area contributed by atoms with Crippen molar-refractivity contribution in [3.05, 3.63) is 23.9 Å². The van der Waals surface area contributed by atoms with Crippen molar-refractivity contribution in [2.24, 2.45) is 5.41 Å². The van der Waals surface area contributed by atoms with Gasteiger partial charge in [0.05, 0.1) is 0 Å². The lowest BCUT2D eigenvalue weighted by Crippen LogP contribution is -2.31. The number of aromatic nitrogens is 3. The molecular weight excluding hydrogens is 224 g/mol. The van der Waals surface area contributed by atoms with Gasteiger partial charge in [0.25, 0.3) is 0 Å². The van der Waals surface area contributed by atoms with E-state index in [1.54, 1.807) is 0 Å². The molecule has 1 atom stereocenters. The van der Waals surface area contributed by atoms with Crippen molar-refractivity contribution in [2.75, 3.05) is 5.32 Å². The predicted molar refractivity (Wildman–Crippen MR) is 72.8 cm³/mol. The van der Waals surface area contributed by atoms with E-state index < -0.39 is 0 Å². The van der Waals surface area contributed by atoms with Crippen LogP contribution in [0.4, 0.5) is 5.95 Å². The fourth-order valence-electron chi connectivity index (χ4n) is 2.85. The minimum atomic E-state index is 0.340. The maximum atomic E-state index is 4.58. The number of pyridine rings is 1. The van der Waals surface area contributed by atoms with E-state index in [1.807, 2.05) is 16.8 Å². The lowest BCUT2D eigenvalue weighted by atomic mass is 9.87. The fraction of sp³-hybridized carbons (Fsp3) is 0.571. The molecule has 0 aromatic carbocycles. The molecule has 2 heterocycles. The molecule has 1 unspecified atom stereocenters. The van der Waals surface area contributed by atoms with Crippen molar-refractivity contribution in [3.63, 3.8) is 0 Å². The second-order valence-electron chi connectivity index (χ2n) is 5.97. The van der Waals surface area contributed by atoms with Crippen LogP contribution in [-0.4, -0.2) is 20.6 Å².